The van der Waals surface area contributed by atoms with E-state index in [4.69, 9.17) is 21.1 Å². The zero-order valence-electron chi connectivity index (χ0n) is 14.0. The number of nitrogens with one attached hydrogen (secondary N) is 1. The van der Waals surface area contributed by atoms with Crippen LogP contribution >= 0.6 is 11.6 Å². The summed E-state index contributed by atoms with van der Waals surface area (Å²) in [5.74, 6) is -0.629. The zero-order chi connectivity index (χ0) is 18.3. The summed E-state index contributed by atoms with van der Waals surface area (Å²) in [5.41, 5.74) is 0.118. The van der Waals surface area contributed by atoms with Crippen molar-refractivity contribution in [2.75, 3.05) is 33.5 Å². The summed E-state index contributed by atoms with van der Waals surface area (Å²) in [7, 11) is -2.61. The van der Waals surface area contributed by atoms with Gasteiger partial charge in [0.05, 0.1) is 30.4 Å². The Morgan fingerprint density at radius 3 is 2.92 bits per heavy atom. The van der Waals surface area contributed by atoms with Crippen LogP contribution < -0.4 is 4.72 Å². The Bertz CT molecular complexity index is 688. The highest BCUT2D eigenvalue weighted by atomic mass is 35.5. The van der Waals surface area contributed by atoms with E-state index in [0.717, 1.165) is 19.4 Å². The average molecular weight is 392 g/mol. The first-order chi connectivity index (χ1) is 11.9. The molecule has 1 aliphatic heterocycles. The van der Waals surface area contributed by atoms with E-state index in [0.29, 0.717) is 19.6 Å². The predicted octanol–water partition coefficient (Wildman–Crippen LogP) is 1.99. The lowest BCUT2D eigenvalue weighted by Crippen LogP contribution is -2.26. The molecule has 1 aromatic carbocycles. The van der Waals surface area contributed by atoms with Crippen LogP contribution in [0.5, 0.6) is 0 Å². The molecule has 1 unspecified atom stereocenters. The van der Waals surface area contributed by atoms with E-state index >= 15 is 0 Å². The lowest BCUT2D eigenvalue weighted by atomic mass is 10.2. The van der Waals surface area contributed by atoms with E-state index in [1.165, 1.54) is 25.3 Å². The molecule has 2 rings (SSSR count). The largest absolute Gasteiger partial charge is 0.465 e. The van der Waals surface area contributed by atoms with Crippen molar-refractivity contribution in [2.45, 2.75) is 30.3 Å². The van der Waals surface area contributed by atoms with Crippen LogP contribution in [0, 0.1) is 0 Å². The van der Waals surface area contributed by atoms with Crippen LogP contribution in [-0.2, 0) is 24.2 Å². The van der Waals surface area contributed by atoms with Crippen molar-refractivity contribution in [3.05, 3.63) is 28.8 Å². The maximum Gasteiger partial charge on any atom is 0.337 e. The number of methoxy groups -OCH3 is 1. The molecule has 1 aliphatic rings. The number of hydrogen-bond donors (Lipinski definition) is 1. The Labute approximate surface area is 152 Å². The highest BCUT2D eigenvalue weighted by Crippen LogP contribution is 2.23. The minimum Gasteiger partial charge on any atom is -0.465 e. The van der Waals surface area contributed by atoms with Gasteiger partial charge in [0, 0.05) is 19.8 Å². The highest BCUT2D eigenvalue weighted by molar-refractivity contribution is 7.89. The Hall–Kier alpha value is -1.19. The van der Waals surface area contributed by atoms with Gasteiger partial charge in [0.25, 0.3) is 0 Å². The molecule has 1 heterocycles. The first kappa shape index (κ1) is 20.1. The van der Waals surface area contributed by atoms with E-state index < -0.39 is 16.0 Å². The summed E-state index contributed by atoms with van der Waals surface area (Å²) in [6.07, 6.45) is 2.72. The van der Waals surface area contributed by atoms with Gasteiger partial charge in [0.2, 0.25) is 10.0 Å². The molecule has 1 fully saturated rings. The van der Waals surface area contributed by atoms with Gasteiger partial charge >= 0.3 is 5.97 Å². The molecule has 140 valence electrons. The molecule has 0 aromatic heterocycles. The van der Waals surface area contributed by atoms with E-state index in [2.05, 4.69) is 9.46 Å². The minimum atomic E-state index is -3.83. The van der Waals surface area contributed by atoms with Crippen LogP contribution in [0.1, 0.15) is 29.6 Å². The van der Waals surface area contributed by atoms with Crippen molar-refractivity contribution in [2.24, 2.45) is 0 Å². The summed E-state index contributed by atoms with van der Waals surface area (Å²) in [4.78, 5) is 11.4. The second-order valence-corrected chi connectivity index (χ2v) is 7.74. The zero-order valence-corrected chi connectivity index (χ0v) is 15.6. The molecule has 1 saturated heterocycles. The van der Waals surface area contributed by atoms with Crippen molar-refractivity contribution in [1.82, 2.24) is 4.72 Å². The fraction of sp³-hybridized carbons (Fsp3) is 0.562. The summed E-state index contributed by atoms with van der Waals surface area (Å²) < 4.78 is 42.7. The van der Waals surface area contributed by atoms with Crippen molar-refractivity contribution in [1.29, 1.82) is 0 Å². The average Bonchev–Trinajstić information content (AvgIpc) is 3.11. The van der Waals surface area contributed by atoms with E-state index in [-0.39, 0.29) is 28.1 Å². The van der Waals surface area contributed by atoms with Gasteiger partial charge < -0.3 is 14.2 Å². The highest BCUT2D eigenvalue weighted by Gasteiger charge is 2.20. The lowest BCUT2D eigenvalue weighted by molar-refractivity contribution is 0.0169. The SMILES string of the molecule is COC(=O)c1ccc(Cl)c(S(=O)(=O)NCCCOCC2CCCO2)c1. The van der Waals surface area contributed by atoms with Crippen LogP contribution in [0.4, 0.5) is 0 Å². The number of sulfonamides is 1. The van der Waals surface area contributed by atoms with Crippen LogP contribution in [-0.4, -0.2) is 54.0 Å². The maximum atomic E-state index is 12.3. The standard InChI is InChI=1S/C16H22ClNO6S/c1-22-16(19)12-5-6-14(17)15(10-12)25(20,21)18-7-3-8-23-11-13-4-2-9-24-13/h5-6,10,13,18H,2-4,7-9,11H2,1H3. The first-order valence-electron chi connectivity index (χ1n) is 8.01. The maximum absolute atomic E-state index is 12.3. The fourth-order valence-corrected chi connectivity index (χ4v) is 4.00. The third kappa shape index (κ3) is 5.93. The normalized spacial score (nSPS) is 17.6. The number of esters is 1. The van der Waals surface area contributed by atoms with Gasteiger partial charge in [0.15, 0.2) is 0 Å². The predicted molar refractivity (Wildman–Crippen MR) is 92.4 cm³/mol. The van der Waals surface area contributed by atoms with E-state index in [1.54, 1.807) is 0 Å². The van der Waals surface area contributed by atoms with Crippen LogP contribution in [0.3, 0.4) is 0 Å². The van der Waals surface area contributed by atoms with Crippen molar-refractivity contribution >= 4 is 27.6 Å². The van der Waals surface area contributed by atoms with E-state index in [1.807, 2.05) is 0 Å². The molecule has 0 bridgehead atoms. The monoisotopic (exact) mass is 391 g/mol. The molecule has 0 aliphatic carbocycles. The number of benzene rings is 1. The number of carbonyl (C=O) groups is 1. The Balaban J connectivity index is 1.83. The third-order valence-electron chi connectivity index (χ3n) is 3.73. The Kier molecular flexibility index (Phi) is 7.64. The van der Waals surface area contributed by atoms with Crippen LogP contribution in [0.15, 0.2) is 23.1 Å². The molecule has 25 heavy (non-hydrogen) atoms. The van der Waals surface area contributed by atoms with Gasteiger partial charge in [0.1, 0.15) is 4.90 Å². The minimum absolute atomic E-state index is 0.0368. The number of carbonyl (C=O) groups excluding carboxylic acids is 1. The topological polar surface area (TPSA) is 90.9 Å². The Morgan fingerprint density at radius 2 is 2.24 bits per heavy atom. The van der Waals surface area contributed by atoms with Crippen LogP contribution in [0.2, 0.25) is 5.02 Å². The summed E-state index contributed by atoms with van der Waals surface area (Å²) in [5, 5.41) is 0.0368. The quantitative estimate of drug-likeness (QED) is 0.511. The smallest absolute Gasteiger partial charge is 0.337 e. The van der Waals surface area contributed by atoms with Gasteiger partial charge in [-0.2, -0.15) is 0 Å². The summed E-state index contributed by atoms with van der Waals surface area (Å²) in [6.45, 7) is 1.93. The molecular weight excluding hydrogens is 370 g/mol. The summed E-state index contributed by atoms with van der Waals surface area (Å²) in [6, 6.07) is 3.96. The van der Waals surface area contributed by atoms with Gasteiger partial charge in [-0.1, -0.05) is 11.6 Å². The first-order valence-corrected chi connectivity index (χ1v) is 9.87. The van der Waals surface area contributed by atoms with Crippen molar-refractivity contribution in [3.63, 3.8) is 0 Å². The second-order valence-electron chi connectivity index (χ2n) is 5.60. The molecule has 7 nitrogen and oxygen atoms in total. The molecule has 1 aromatic rings. The molecule has 1 atom stereocenters. The number of ether oxygens (including phenoxy) is 3. The number of hydrogen-bond acceptors (Lipinski definition) is 6. The number of halogens is 1. The summed E-state index contributed by atoms with van der Waals surface area (Å²) >= 11 is 5.95. The van der Waals surface area contributed by atoms with Crippen molar-refractivity contribution < 1.29 is 27.4 Å². The number of rotatable bonds is 9. The van der Waals surface area contributed by atoms with Gasteiger partial charge in [-0.3, -0.25) is 0 Å². The van der Waals surface area contributed by atoms with Gasteiger partial charge in [-0.15, -0.1) is 0 Å². The van der Waals surface area contributed by atoms with E-state index in [9.17, 15) is 13.2 Å². The fourth-order valence-electron chi connectivity index (χ4n) is 2.40. The molecule has 0 radical (unpaired) electrons. The molecule has 0 spiro atoms. The second kappa shape index (κ2) is 9.49. The van der Waals surface area contributed by atoms with Gasteiger partial charge in [-0.25, -0.2) is 17.9 Å². The molecule has 0 saturated carbocycles. The molecule has 1 N–H and O–H groups in total. The molecule has 9 heteroatoms. The van der Waals surface area contributed by atoms with Crippen molar-refractivity contribution in [3.8, 4) is 0 Å². The van der Waals surface area contributed by atoms with Gasteiger partial charge in [-0.05, 0) is 37.5 Å². The molecule has 0 amide bonds. The molecular formula is C16H22ClNO6S. The third-order valence-corrected chi connectivity index (χ3v) is 5.67. The van der Waals surface area contributed by atoms with Crippen LogP contribution in [0.25, 0.3) is 0 Å². The lowest BCUT2D eigenvalue weighted by Gasteiger charge is -2.11. The Morgan fingerprint density at radius 1 is 1.44 bits per heavy atom.